The highest BCUT2D eigenvalue weighted by atomic mass is 32.1. The van der Waals surface area contributed by atoms with Gasteiger partial charge in [0.25, 0.3) is 0 Å². The summed E-state index contributed by atoms with van der Waals surface area (Å²) in [5.41, 5.74) is 20.1. The van der Waals surface area contributed by atoms with Gasteiger partial charge in [-0.15, -0.1) is 11.3 Å². The van der Waals surface area contributed by atoms with Gasteiger partial charge in [0.2, 0.25) is 0 Å². The second kappa shape index (κ2) is 16.9. The van der Waals surface area contributed by atoms with Crippen LogP contribution in [0.4, 0.5) is 17.1 Å². The third kappa shape index (κ3) is 7.00. The van der Waals surface area contributed by atoms with E-state index < -0.39 is 5.41 Å². The number of hydrogen-bond donors (Lipinski definition) is 0. The average molecular weight is 896 g/mol. The lowest BCUT2D eigenvalue weighted by Gasteiger charge is -2.34. The van der Waals surface area contributed by atoms with Gasteiger partial charge in [0.15, 0.2) is 0 Å². The van der Waals surface area contributed by atoms with Crippen LogP contribution in [0.3, 0.4) is 0 Å². The molecule has 0 N–H and O–H groups in total. The number of benzene rings is 11. The lowest BCUT2D eigenvalue weighted by molar-refractivity contribution is 0.768. The van der Waals surface area contributed by atoms with E-state index in [1.54, 1.807) is 0 Å². The Morgan fingerprint density at radius 2 is 0.652 bits per heavy atom. The summed E-state index contributed by atoms with van der Waals surface area (Å²) in [6, 6.07) is 100. The summed E-state index contributed by atoms with van der Waals surface area (Å²) < 4.78 is 2.64. The van der Waals surface area contributed by atoms with Crippen LogP contribution in [-0.2, 0) is 5.41 Å². The fraction of sp³-hybridized carbons (Fsp3) is 0.0149. The van der Waals surface area contributed by atoms with Crippen LogP contribution in [0.1, 0.15) is 22.3 Å². The minimum Gasteiger partial charge on any atom is -0.311 e. The van der Waals surface area contributed by atoms with Crippen molar-refractivity contribution in [2.24, 2.45) is 0 Å². The van der Waals surface area contributed by atoms with Crippen molar-refractivity contribution in [3.8, 4) is 55.6 Å². The van der Waals surface area contributed by atoms with Crippen molar-refractivity contribution in [3.05, 3.63) is 295 Å². The summed E-state index contributed by atoms with van der Waals surface area (Å²) in [6.07, 6.45) is 0. The molecule has 324 valence electrons. The van der Waals surface area contributed by atoms with Gasteiger partial charge in [0.05, 0.1) is 5.41 Å². The van der Waals surface area contributed by atoms with Gasteiger partial charge in [-0.1, -0.05) is 200 Å². The Balaban J connectivity index is 0.931. The molecule has 1 heterocycles. The number of thiophene rings is 1. The molecule has 1 aromatic heterocycles. The van der Waals surface area contributed by atoms with E-state index in [0.717, 1.165) is 17.1 Å². The Labute approximate surface area is 407 Å². The monoisotopic (exact) mass is 895 g/mol. The van der Waals surface area contributed by atoms with Crippen LogP contribution in [0.5, 0.6) is 0 Å². The van der Waals surface area contributed by atoms with Gasteiger partial charge < -0.3 is 4.90 Å². The van der Waals surface area contributed by atoms with Gasteiger partial charge in [0.1, 0.15) is 0 Å². The van der Waals surface area contributed by atoms with Crippen molar-refractivity contribution in [1.29, 1.82) is 0 Å². The fourth-order valence-corrected chi connectivity index (χ4v) is 12.0. The molecule has 0 saturated carbocycles. The predicted octanol–water partition coefficient (Wildman–Crippen LogP) is 18.6. The molecule has 1 nitrogen and oxygen atoms in total. The average Bonchev–Trinajstić information content (AvgIpc) is 3.96. The smallest absolute Gasteiger partial charge is 0.0713 e. The zero-order valence-corrected chi connectivity index (χ0v) is 38.7. The lowest BCUT2D eigenvalue weighted by atomic mass is 9.68. The Hall–Kier alpha value is -8.56. The van der Waals surface area contributed by atoms with Crippen LogP contribution in [0.15, 0.2) is 273 Å². The second-order valence-electron chi connectivity index (χ2n) is 18.0. The van der Waals surface area contributed by atoms with Crippen molar-refractivity contribution in [2.45, 2.75) is 5.41 Å². The van der Waals surface area contributed by atoms with Crippen molar-refractivity contribution >= 4 is 48.6 Å². The molecule has 12 aromatic rings. The van der Waals surface area contributed by atoms with Gasteiger partial charge in [0, 0.05) is 37.2 Å². The van der Waals surface area contributed by atoms with Gasteiger partial charge in [-0.25, -0.2) is 0 Å². The van der Waals surface area contributed by atoms with E-state index >= 15 is 0 Å². The van der Waals surface area contributed by atoms with Crippen molar-refractivity contribution in [1.82, 2.24) is 0 Å². The minimum absolute atomic E-state index is 0.469. The summed E-state index contributed by atoms with van der Waals surface area (Å²) in [5, 5.41) is 2.63. The number of nitrogens with zero attached hydrogens (tertiary/aromatic N) is 1. The first-order valence-corrected chi connectivity index (χ1v) is 24.5. The quantitative estimate of drug-likeness (QED) is 0.140. The molecule has 0 amide bonds. The first kappa shape index (κ1) is 40.7. The van der Waals surface area contributed by atoms with E-state index in [9.17, 15) is 0 Å². The van der Waals surface area contributed by atoms with Crippen LogP contribution in [0.25, 0.3) is 75.8 Å². The highest BCUT2D eigenvalue weighted by Crippen LogP contribution is 2.56. The van der Waals surface area contributed by atoms with Crippen LogP contribution >= 0.6 is 11.3 Å². The molecule has 13 rings (SSSR count). The minimum atomic E-state index is -0.469. The first-order valence-electron chi connectivity index (χ1n) is 23.7. The van der Waals surface area contributed by atoms with Gasteiger partial charge in [-0.05, 0) is 151 Å². The molecule has 0 unspecified atom stereocenters. The zero-order valence-electron chi connectivity index (χ0n) is 37.8. The third-order valence-corrected chi connectivity index (χ3v) is 15.3. The Bertz CT molecular complexity index is 3690. The fourth-order valence-electron chi connectivity index (χ4n) is 10.9. The van der Waals surface area contributed by atoms with Crippen LogP contribution in [0, 0.1) is 0 Å². The molecule has 0 spiro atoms. The topological polar surface area (TPSA) is 3.24 Å². The van der Waals surface area contributed by atoms with E-state index in [-0.39, 0.29) is 0 Å². The maximum atomic E-state index is 2.40. The molecule has 0 atom stereocenters. The highest BCUT2D eigenvalue weighted by molar-refractivity contribution is 7.25. The Morgan fingerprint density at radius 1 is 0.261 bits per heavy atom. The van der Waals surface area contributed by atoms with Crippen molar-refractivity contribution in [2.75, 3.05) is 4.90 Å². The second-order valence-corrected chi connectivity index (χ2v) is 19.1. The summed E-state index contributed by atoms with van der Waals surface area (Å²) in [7, 11) is 0. The Morgan fingerprint density at radius 3 is 1.20 bits per heavy atom. The number of anilines is 3. The van der Waals surface area contributed by atoms with E-state index in [1.165, 1.54) is 98.1 Å². The number of hydrogen-bond acceptors (Lipinski definition) is 2. The van der Waals surface area contributed by atoms with E-state index in [0.29, 0.717) is 0 Å². The molecule has 1 aliphatic rings. The predicted molar refractivity (Wildman–Crippen MR) is 293 cm³/mol. The number of fused-ring (bicyclic) bond motifs is 6. The highest BCUT2D eigenvalue weighted by Gasteiger charge is 2.45. The van der Waals surface area contributed by atoms with E-state index in [4.69, 9.17) is 0 Å². The summed E-state index contributed by atoms with van der Waals surface area (Å²) >= 11 is 1.86. The summed E-state index contributed by atoms with van der Waals surface area (Å²) in [6.45, 7) is 0. The maximum Gasteiger partial charge on any atom is 0.0713 e. The molecule has 1 aliphatic carbocycles. The van der Waals surface area contributed by atoms with Crippen molar-refractivity contribution < 1.29 is 0 Å². The largest absolute Gasteiger partial charge is 0.311 e. The zero-order chi connectivity index (χ0) is 45.7. The van der Waals surface area contributed by atoms with Crippen LogP contribution in [0.2, 0.25) is 0 Å². The normalized spacial score (nSPS) is 12.5. The molecule has 0 radical (unpaired) electrons. The van der Waals surface area contributed by atoms with E-state index in [1.807, 2.05) is 11.3 Å². The van der Waals surface area contributed by atoms with Gasteiger partial charge in [-0.3, -0.25) is 0 Å². The molecule has 0 fully saturated rings. The molecule has 2 heteroatoms. The molecule has 0 aliphatic heterocycles. The Kier molecular flexibility index (Phi) is 10.00. The first-order chi connectivity index (χ1) is 34.2. The maximum absolute atomic E-state index is 2.40. The SMILES string of the molecule is c1ccc(-c2cc(-c3ccccc3)cc(-c3ccc(N(c4ccc(-c5ccc6sc7ccccc7c6c5)cc4)c4ccc(C5(c6ccccc6)c6ccccc6-c6ccccc65)cc4)cc3)c2)cc1. The molecule has 11 aromatic carbocycles. The van der Waals surface area contributed by atoms with Crippen LogP contribution < -0.4 is 4.90 Å². The molecule has 69 heavy (non-hydrogen) atoms. The summed E-state index contributed by atoms with van der Waals surface area (Å²) in [5.74, 6) is 0. The number of rotatable bonds is 9. The molecule has 0 saturated heterocycles. The van der Waals surface area contributed by atoms with Gasteiger partial charge >= 0.3 is 0 Å². The molecular weight excluding hydrogens is 851 g/mol. The van der Waals surface area contributed by atoms with Gasteiger partial charge in [-0.2, -0.15) is 0 Å². The molecule has 0 bridgehead atoms. The lowest BCUT2D eigenvalue weighted by Crippen LogP contribution is -2.28. The summed E-state index contributed by atoms with van der Waals surface area (Å²) in [4.78, 5) is 2.40. The molecular formula is C67H45NS. The third-order valence-electron chi connectivity index (χ3n) is 14.2. The van der Waals surface area contributed by atoms with Crippen molar-refractivity contribution in [3.63, 3.8) is 0 Å². The van der Waals surface area contributed by atoms with Crippen LogP contribution in [-0.4, -0.2) is 0 Å². The standard InChI is InChI=1S/C67H45NS/c1-4-16-46(17-5-1)51-42-52(47-18-6-2-7-19-47)44-53(43-51)49-30-37-57(38-31-49)68(56-35-28-48(29-36-56)50-32-41-66-62(45-50)61-24-12-15-27-65(61)69-66)58-39-33-55(34-40-58)67(54-20-8-3-9-21-54)63-25-13-10-22-59(63)60-23-11-14-26-64(60)67/h1-45H. The van der Waals surface area contributed by atoms with E-state index in [2.05, 4.69) is 278 Å².